The number of unbranched alkanes of at least 4 members (excludes halogenated alkanes) is 2. The molecular formula is C115H149F3N2O11. The molecule has 12 rings (SSSR count). The molecule has 2 unspecified atom stereocenters. The summed E-state index contributed by atoms with van der Waals surface area (Å²) in [5.74, 6) is 5.44. The van der Waals surface area contributed by atoms with Gasteiger partial charge < -0.3 is 48.9 Å². The summed E-state index contributed by atoms with van der Waals surface area (Å²) >= 11 is 0. The van der Waals surface area contributed by atoms with Crippen LogP contribution >= 0.6 is 0 Å². The van der Waals surface area contributed by atoms with Crippen molar-refractivity contribution in [2.45, 2.75) is 212 Å². The number of methoxy groups -OCH3 is 4. The van der Waals surface area contributed by atoms with E-state index < -0.39 is 11.7 Å². The molecule has 12 aromatic rings. The van der Waals surface area contributed by atoms with Gasteiger partial charge in [0.25, 0.3) is 0 Å². The summed E-state index contributed by atoms with van der Waals surface area (Å²) in [6, 6.07) is 96.5. The number of rotatable bonds is 31. The number of phenols is 1. The Kier molecular flexibility index (Phi) is 62.5. The molecule has 2 amide bonds. The molecular weight excluding hydrogens is 1640 g/mol. The lowest BCUT2D eigenvalue weighted by Gasteiger charge is -2.13. The monoisotopic (exact) mass is 1790 g/mol. The third kappa shape index (κ3) is 53.4. The average molecular weight is 1790 g/mol. The molecule has 16 heteroatoms. The summed E-state index contributed by atoms with van der Waals surface area (Å²) in [4.78, 5) is 32.1. The van der Waals surface area contributed by atoms with Crippen LogP contribution in [0.4, 0.5) is 13.2 Å². The molecule has 0 aliphatic carbocycles. The van der Waals surface area contributed by atoms with Crippen molar-refractivity contribution < 1.29 is 65.8 Å². The topological polar surface area (TPSA) is 160 Å². The van der Waals surface area contributed by atoms with E-state index in [0.29, 0.717) is 36.2 Å². The Morgan fingerprint density at radius 3 is 1.18 bits per heavy atom. The van der Waals surface area contributed by atoms with Gasteiger partial charge in [-0.05, 0) is 231 Å². The number of alkyl halides is 3. The first-order valence-electron chi connectivity index (χ1n) is 46.0. The maximum Gasteiger partial charge on any atom is 0.416 e. The summed E-state index contributed by atoms with van der Waals surface area (Å²) in [6.07, 6.45) is 15.1. The summed E-state index contributed by atoms with van der Waals surface area (Å²) in [5.41, 5.74) is 12.7. The number of carbonyl (C=O) groups is 3. The zero-order valence-corrected chi connectivity index (χ0v) is 81.5. The normalized spacial score (nSPS) is 10.5. The fourth-order valence-corrected chi connectivity index (χ4v) is 12.2. The average Bonchev–Trinajstić information content (AvgIpc) is 0.836. The Bertz CT molecular complexity index is 4880. The standard InChI is InChI=1S/C13H20O.C13H18O.C13H14.C11H15NO.C11H16O3.C11H16O2.C10H13NO.C9H9F3.C8H8O.C8H10O.C8H10/c2*1-3-5-11-14-13-9-7-12(6-4-2)8-10-13;1-2-5-11-8-9-12-6-3-4-7-13(12)10-11;1-9(12-10(2)13)8-11-6-4-3-5-7-11;1-5-8-6-9(12-2)11(14-4)10(7-8)13-3;1-3-10-4-6-11(7-5-10)13-9-8-12-2;1-8(11-9(2)12)10-6-4-3-5-7-10;1-2-7-3-5-8(6-4-7)9(10,11)12;1-7(9)8-5-3-2-4-6-8;1-2-7-3-5-8(9)6-4-7;1-2-8-6-4-3-5-7-8/h7-10H,3-6,11H2,1-2H3;4,6-10H,3,5,11H2,1-2H3;3-4,6-10H,2,5H2,1H3;3-7,9H,8H2,1-2H3,(H,12,13);6-7H,5H2,1-4H3;4-7H,3,8-9H2,1-2H3;3-8H,1-2H3,(H,11,12);3-6H,2H2,1H3;2-6H,1H3;3-6,9H,2H2,1H3;3-7H,2H2,1H3/b;6-4+;;;;;;;;;. The second-order valence-corrected chi connectivity index (χ2v) is 30.5. The number of carbonyl (C=O) groups excluding carboxylic acids is 3. The quantitative estimate of drug-likeness (QED) is 0.0280. The highest BCUT2D eigenvalue weighted by Crippen LogP contribution is 2.38. The van der Waals surface area contributed by atoms with Crippen LogP contribution in [0.2, 0.25) is 0 Å². The Hall–Kier alpha value is -12.4. The van der Waals surface area contributed by atoms with Crippen LogP contribution in [0.25, 0.3) is 16.8 Å². The first kappa shape index (κ1) is 115. The highest BCUT2D eigenvalue weighted by atomic mass is 19.4. The van der Waals surface area contributed by atoms with E-state index in [1.54, 1.807) is 54.4 Å². The third-order valence-corrected chi connectivity index (χ3v) is 19.6. The lowest BCUT2D eigenvalue weighted by molar-refractivity contribution is -0.137. The Morgan fingerprint density at radius 2 is 0.779 bits per heavy atom. The smallest absolute Gasteiger partial charge is 0.416 e. The van der Waals surface area contributed by atoms with Crippen LogP contribution in [0.3, 0.4) is 0 Å². The van der Waals surface area contributed by atoms with Crippen LogP contribution in [0.1, 0.15) is 220 Å². The van der Waals surface area contributed by atoms with Crippen molar-refractivity contribution in [2.24, 2.45) is 0 Å². The lowest BCUT2D eigenvalue weighted by atomic mass is 10.0. The molecule has 0 saturated carbocycles. The first-order valence-corrected chi connectivity index (χ1v) is 46.0. The van der Waals surface area contributed by atoms with Gasteiger partial charge in [0.05, 0.1) is 52.8 Å². The van der Waals surface area contributed by atoms with Crippen LogP contribution < -0.4 is 39.1 Å². The number of aromatic hydroxyl groups is 1. The fraction of sp³-hybridized carbons (Fsp3) is 0.348. The van der Waals surface area contributed by atoms with Crippen molar-refractivity contribution in [3.8, 4) is 40.2 Å². The largest absolute Gasteiger partial charge is 0.508 e. The highest BCUT2D eigenvalue weighted by molar-refractivity contribution is 5.93. The van der Waals surface area contributed by atoms with Crippen molar-refractivity contribution in [2.75, 3.05) is 54.9 Å². The molecule has 0 heterocycles. The second-order valence-electron chi connectivity index (χ2n) is 30.5. The molecule has 0 aliphatic heterocycles. The number of halogens is 3. The maximum absolute atomic E-state index is 12.0. The number of Topliss-reactive ketones (excluding diaryl/α,β-unsaturated/α-hetero) is 1. The predicted octanol–water partition coefficient (Wildman–Crippen LogP) is 29.1. The number of ether oxygens (including phenoxy) is 7. The van der Waals surface area contributed by atoms with Crippen molar-refractivity contribution in [1.29, 1.82) is 0 Å². The van der Waals surface area contributed by atoms with Crippen molar-refractivity contribution >= 4 is 34.4 Å². The SMILES string of the molecule is C/C=C/c1ccc(OCCCC)cc1.CC(=O)NC(C)Cc1ccccc1.CC(=O)NC(C)c1ccccc1.CC(=O)c1ccccc1.CCCCOc1ccc(CCC)cc1.CCCc1ccc2ccccc2c1.CCc1cc(OC)c(OC)c(OC)c1.CCc1ccc(C(F)(F)F)cc1.CCc1ccc(O)cc1.CCc1ccc(OCCOC)cc1.CCc1ccccc1. The van der Waals surface area contributed by atoms with Gasteiger partial charge in [-0.25, -0.2) is 0 Å². The predicted molar refractivity (Wildman–Crippen MR) is 542 cm³/mol. The van der Waals surface area contributed by atoms with Gasteiger partial charge in [0.1, 0.15) is 29.6 Å². The van der Waals surface area contributed by atoms with Gasteiger partial charge in [0.2, 0.25) is 17.6 Å². The van der Waals surface area contributed by atoms with E-state index in [2.05, 4.69) is 199 Å². The van der Waals surface area contributed by atoms with Gasteiger partial charge in [0, 0.05) is 32.6 Å². The molecule has 0 spiro atoms. The zero-order chi connectivity index (χ0) is 96.7. The van der Waals surface area contributed by atoms with Crippen LogP contribution in [0.5, 0.6) is 40.2 Å². The molecule has 0 aromatic heterocycles. The number of hydrogen-bond donors (Lipinski definition) is 3. The van der Waals surface area contributed by atoms with E-state index in [-0.39, 0.29) is 29.7 Å². The van der Waals surface area contributed by atoms with Gasteiger partial charge in [0.15, 0.2) is 17.3 Å². The number of amides is 2. The van der Waals surface area contributed by atoms with Gasteiger partial charge in [-0.3, -0.25) is 14.4 Å². The van der Waals surface area contributed by atoms with E-state index in [1.807, 2.05) is 167 Å². The maximum atomic E-state index is 12.0. The Labute approximate surface area is 783 Å². The molecule has 13 nitrogen and oxygen atoms in total. The minimum atomic E-state index is -4.22. The number of ketones is 1. The van der Waals surface area contributed by atoms with Gasteiger partial charge in [-0.2, -0.15) is 13.2 Å². The molecule has 131 heavy (non-hydrogen) atoms. The van der Waals surface area contributed by atoms with Crippen LogP contribution in [0.15, 0.2) is 303 Å². The van der Waals surface area contributed by atoms with Crippen molar-refractivity contribution in [3.63, 3.8) is 0 Å². The lowest BCUT2D eigenvalue weighted by Crippen LogP contribution is -2.31. The van der Waals surface area contributed by atoms with E-state index in [1.165, 1.54) is 106 Å². The van der Waals surface area contributed by atoms with Crippen LogP contribution in [-0.4, -0.2) is 83.6 Å². The number of benzene rings is 12. The van der Waals surface area contributed by atoms with Gasteiger partial charge >= 0.3 is 6.18 Å². The van der Waals surface area contributed by atoms with Crippen LogP contribution in [0, 0.1) is 0 Å². The van der Waals surface area contributed by atoms with Gasteiger partial charge in [-0.15, -0.1) is 0 Å². The number of nitrogens with one attached hydrogen (secondary N) is 2. The molecule has 0 saturated heterocycles. The summed E-state index contributed by atoms with van der Waals surface area (Å²) in [5, 5.41) is 17.2. The third-order valence-electron chi connectivity index (χ3n) is 19.6. The summed E-state index contributed by atoms with van der Waals surface area (Å²) in [6.45, 7) is 32.7. The number of hydrogen-bond acceptors (Lipinski definition) is 11. The first-order chi connectivity index (χ1) is 63.2. The molecule has 2 atom stereocenters. The Balaban J connectivity index is 0.000000489. The minimum Gasteiger partial charge on any atom is -0.508 e. The molecule has 0 fully saturated rings. The van der Waals surface area contributed by atoms with E-state index in [9.17, 15) is 27.6 Å². The molecule has 3 N–H and O–H groups in total. The number of aryl methyl sites for hydroxylation is 7. The minimum absolute atomic E-state index is 0.00588. The number of phenolic OH excluding ortho intramolecular Hbond substituents is 1. The molecule has 0 radical (unpaired) electrons. The van der Waals surface area contributed by atoms with Crippen molar-refractivity contribution in [1.82, 2.24) is 10.6 Å². The second kappa shape index (κ2) is 71.4. The molecule has 706 valence electrons. The number of allylic oxidation sites excluding steroid dienone is 1. The van der Waals surface area contributed by atoms with Crippen LogP contribution in [-0.2, 0) is 71.9 Å². The van der Waals surface area contributed by atoms with E-state index >= 15 is 0 Å². The fourth-order valence-electron chi connectivity index (χ4n) is 12.2. The Morgan fingerprint density at radius 1 is 0.389 bits per heavy atom. The number of fused-ring (bicyclic) bond motifs is 1. The van der Waals surface area contributed by atoms with E-state index in [0.717, 1.165) is 117 Å². The molecule has 0 bridgehead atoms. The summed E-state index contributed by atoms with van der Waals surface area (Å²) in [7, 11) is 6.52. The summed E-state index contributed by atoms with van der Waals surface area (Å²) < 4.78 is 73.2. The molecule has 12 aromatic carbocycles. The van der Waals surface area contributed by atoms with Crippen molar-refractivity contribution in [3.05, 3.63) is 370 Å². The highest BCUT2D eigenvalue weighted by Gasteiger charge is 2.30. The zero-order valence-electron chi connectivity index (χ0n) is 81.5. The molecule has 0 aliphatic rings. The van der Waals surface area contributed by atoms with E-state index in [4.69, 9.17) is 38.3 Å². The van der Waals surface area contributed by atoms with Gasteiger partial charge in [-0.1, -0.05) is 325 Å².